The fourth-order valence-electron chi connectivity index (χ4n) is 4.22. The normalized spacial score (nSPS) is 16.0. The number of anilines is 1. The fraction of sp³-hybridized carbons (Fsp3) is 0.292. The first-order valence-corrected chi connectivity index (χ1v) is 10.9. The zero-order valence-corrected chi connectivity index (χ0v) is 18.7. The molecule has 1 atom stereocenters. The minimum atomic E-state index is -4.63. The van der Waals surface area contributed by atoms with Crippen LogP contribution in [0, 0.1) is 17.2 Å². The first-order chi connectivity index (χ1) is 16.8. The molecule has 0 aliphatic carbocycles. The molecule has 35 heavy (non-hydrogen) atoms. The lowest BCUT2D eigenvalue weighted by molar-refractivity contribution is -0.139. The molecular formula is C24H20F3N7O. The Hall–Kier alpha value is -4.20. The van der Waals surface area contributed by atoms with Crippen LogP contribution in [0.2, 0.25) is 0 Å². The van der Waals surface area contributed by atoms with Gasteiger partial charge in [-0.15, -0.1) is 5.10 Å². The third-order valence-electron chi connectivity index (χ3n) is 6.02. The second-order valence-electron chi connectivity index (χ2n) is 8.36. The molecule has 0 spiro atoms. The van der Waals surface area contributed by atoms with Gasteiger partial charge in [0.2, 0.25) is 0 Å². The largest absolute Gasteiger partial charge is 0.493 e. The predicted octanol–water partition coefficient (Wildman–Crippen LogP) is 4.22. The van der Waals surface area contributed by atoms with Crippen LogP contribution in [0.25, 0.3) is 22.3 Å². The van der Waals surface area contributed by atoms with E-state index < -0.39 is 11.7 Å². The van der Waals surface area contributed by atoms with Crippen LogP contribution in [-0.2, 0) is 13.2 Å². The summed E-state index contributed by atoms with van der Waals surface area (Å²) in [6.07, 6.45) is -2.11. The van der Waals surface area contributed by atoms with Crippen molar-refractivity contribution in [2.45, 2.75) is 12.6 Å². The van der Waals surface area contributed by atoms with Crippen molar-refractivity contribution < 1.29 is 17.9 Å². The maximum atomic E-state index is 13.9. The van der Waals surface area contributed by atoms with Crippen molar-refractivity contribution in [1.29, 1.82) is 5.26 Å². The molecule has 0 radical (unpaired) electrons. The summed E-state index contributed by atoms with van der Waals surface area (Å²) >= 11 is 0. The Balaban J connectivity index is 1.39. The quantitative estimate of drug-likeness (QED) is 0.423. The summed E-state index contributed by atoms with van der Waals surface area (Å²) in [7, 11) is 1.64. The summed E-state index contributed by atoms with van der Waals surface area (Å²) in [6.45, 7) is 1.60. The van der Waals surface area contributed by atoms with E-state index in [0.29, 0.717) is 17.6 Å². The van der Waals surface area contributed by atoms with Gasteiger partial charge in [0.05, 0.1) is 23.4 Å². The van der Waals surface area contributed by atoms with Gasteiger partial charge < -0.3 is 9.64 Å². The first-order valence-electron chi connectivity index (χ1n) is 10.9. The molecule has 1 fully saturated rings. The van der Waals surface area contributed by atoms with Gasteiger partial charge in [-0.05, 0) is 42.8 Å². The van der Waals surface area contributed by atoms with E-state index in [1.165, 1.54) is 16.8 Å². The minimum Gasteiger partial charge on any atom is -0.493 e. The van der Waals surface area contributed by atoms with Gasteiger partial charge in [0.1, 0.15) is 23.2 Å². The Morgan fingerprint density at radius 2 is 2.06 bits per heavy atom. The highest BCUT2D eigenvalue weighted by Crippen LogP contribution is 2.39. The molecule has 0 amide bonds. The Labute approximate surface area is 198 Å². The lowest BCUT2D eigenvalue weighted by Gasteiger charge is -2.19. The zero-order valence-electron chi connectivity index (χ0n) is 18.7. The Morgan fingerprint density at radius 1 is 1.20 bits per heavy atom. The number of fused-ring (bicyclic) bond motifs is 1. The molecule has 1 saturated heterocycles. The second-order valence-corrected chi connectivity index (χ2v) is 8.36. The van der Waals surface area contributed by atoms with Crippen molar-refractivity contribution >= 4 is 16.9 Å². The summed E-state index contributed by atoms with van der Waals surface area (Å²) in [6, 6.07) is 13.0. The van der Waals surface area contributed by atoms with Crippen LogP contribution < -0.4 is 9.64 Å². The van der Waals surface area contributed by atoms with Crippen LogP contribution in [-0.4, -0.2) is 44.7 Å². The number of aromatic nitrogens is 5. The van der Waals surface area contributed by atoms with Crippen LogP contribution >= 0.6 is 0 Å². The van der Waals surface area contributed by atoms with Crippen LogP contribution in [0.4, 0.5) is 19.0 Å². The summed E-state index contributed by atoms with van der Waals surface area (Å²) in [5, 5.41) is 17.2. The Morgan fingerprint density at radius 3 is 2.80 bits per heavy atom. The lowest BCUT2D eigenvalue weighted by atomic mass is 10.0. The second kappa shape index (κ2) is 8.87. The van der Waals surface area contributed by atoms with Crippen molar-refractivity contribution in [3.05, 3.63) is 59.9 Å². The number of hydrogen-bond donors (Lipinski definition) is 0. The van der Waals surface area contributed by atoms with Crippen LogP contribution in [0.15, 0.2) is 48.7 Å². The van der Waals surface area contributed by atoms with Gasteiger partial charge in [-0.2, -0.15) is 18.4 Å². The molecule has 1 aliphatic rings. The molecule has 1 aromatic carbocycles. The number of aryl methyl sites for hydroxylation is 1. The van der Waals surface area contributed by atoms with E-state index in [2.05, 4.69) is 25.2 Å². The highest BCUT2D eigenvalue weighted by Gasteiger charge is 2.35. The number of hydrogen-bond acceptors (Lipinski definition) is 7. The molecular weight excluding hydrogens is 459 g/mol. The van der Waals surface area contributed by atoms with Gasteiger partial charge in [0, 0.05) is 37.8 Å². The predicted molar refractivity (Wildman–Crippen MR) is 122 cm³/mol. The number of benzene rings is 1. The average molecular weight is 479 g/mol. The number of ether oxygens (including phenoxy) is 1. The van der Waals surface area contributed by atoms with Gasteiger partial charge in [-0.3, -0.25) is 0 Å². The third kappa shape index (κ3) is 4.47. The molecule has 178 valence electrons. The summed E-state index contributed by atoms with van der Waals surface area (Å²) in [5.74, 6) is 0.693. The highest BCUT2D eigenvalue weighted by atomic mass is 19.4. The van der Waals surface area contributed by atoms with E-state index in [1.807, 2.05) is 24.3 Å². The van der Waals surface area contributed by atoms with Crippen molar-refractivity contribution in [2.75, 3.05) is 24.6 Å². The highest BCUT2D eigenvalue weighted by molar-refractivity contribution is 5.83. The molecule has 11 heteroatoms. The molecule has 4 aromatic rings. The summed E-state index contributed by atoms with van der Waals surface area (Å²) < 4.78 is 49.0. The number of pyridine rings is 2. The van der Waals surface area contributed by atoms with E-state index in [9.17, 15) is 18.4 Å². The third-order valence-corrected chi connectivity index (χ3v) is 6.02. The number of halogens is 3. The van der Waals surface area contributed by atoms with E-state index in [-0.39, 0.29) is 35.2 Å². The topological polar surface area (TPSA) is 92.8 Å². The van der Waals surface area contributed by atoms with Gasteiger partial charge in [0.15, 0.2) is 5.69 Å². The number of nitriles is 1. The molecule has 1 unspecified atom stereocenters. The standard InChI is InChI=1S/C24H20F3N7O/c1-33-20-11-18(30-19(12-28)23(20)31-32-33)16-5-6-21(17(10-16)24(25,26)27)35-14-15-7-9-34(13-15)22-4-2-3-8-29-22/h2-6,8,10-11,15H,7,9,13-14H2,1H3. The van der Waals surface area contributed by atoms with Crippen molar-refractivity contribution in [3.63, 3.8) is 0 Å². The monoisotopic (exact) mass is 479 g/mol. The summed E-state index contributed by atoms with van der Waals surface area (Å²) in [4.78, 5) is 10.6. The van der Waals surface area contributed by atoms with Crippen LogP contribution in [0.5, 0.6) is 5.75 Å². The van der Waals surface area contributed by atoms with Gasteiger partial charge in [-0.25, -0.2) is 14.6 Å². The number of alkyl halides is 3. The molecule has 0 saturated carbocycles. The summed E-state index contributed by atoms with van der Waals surface area (Å²) in [5.41, 5.74) is 0.339. The molecule has 1 aliphatic heterocycles. The average Bonchev–Trinajstić information content (AvgIpc) is 3.49. The number of nitrogens with zero attached hydrogens (tertiary/aromatic N) is 7. The molecule has 0 N–H and O–H groups in total. The molecule has 5 rings (SSSR count). The van der Waals surface area contributed by atoms with Crippen molar-refractivity contribution in [3.8, 4) is 23.1 Å². The number of rotatable bonds is 5. The minimum absolute atomic E-state index is 0.00169. The Kier molecular flexibility index (Phi) is 5.72. The van der Waals surface area contributed by atoms with Gasteiger partial charge in [0.25, 0.3) is 0 Å². The van der Waals surface area contributed by atoms with Crippen molar-refractivity contribution in [2.24, 2.45) is 13.0 Å². The van der Waals surface area contributed by atoms with Crippen LogP contribution in [0.3, 0.4) is 0 Å². The smallest absolute Gasteiger partial charge is 0.419 e. The van der Waals surface area contributed by atoms with Gasteiger partial charge in [-0.1, -0.05) is 11.3 Å². The Bertz CT molecular complexity index is 1410. The van der Waals surface area contributed by atoms with Crippen LogP contribution in [0.1, 0.15) is 17.7 Å². The lowest BCUT2D eigenvalue weighted by Crippen LogP contribution is -2.23. The maximum absolute atomic E-state index is 13.9. The van der Waals surface area contributed by atoms with E-state index >= 15 is 0 Å². The molecule has 8 nitrogen and oxygen atoms in total. The molecule has 3 aromatic heterocycles. The fourth-order valence-corrected chi connectivity index (χ4v) is 4.22. The van der Waals surface area contributed by atoms with Gasteiger partial charge >= 0.3 is 6.18 Å². The van der Waals surface area contributed by atoms with E-state index in [1.54, 1.807) is 19.3 Å². The maximum Gasteiger partial charge on any atom is 0.419 e. The van der Waals surface area contributed by atoms with E-state index in [0.717, 1.165) is 24.8 Å². The van der Waals surface area contributed by atoms with E-state index in [4.69, 9.17) is 4.74 Å². The zero-order chi connectivity index (χ0) is 24.6. The molecule has 0 bridgehead atoms. The van der Waals surface area contributed by atoms with Crippen molar-refractivity contribution in [1.82, 2.24) is 25.0 Å². The SMILES string of the molecule is Cn1nnc2c(C#N)nc(-c3ccc(OCC4CCN(c5ccccn5)C4)c(C(F)(F)F)c3)cc21. The molecule has 4 heterocycles. The first kappa shape index (κ1) is 22.6.